The summed E-state index contributed by atoms with van der Waals surface area (Å²) in [4.78, 5) is 14.3. The summed E-state index contributed by atoms with van der Waals surface area (Å²) in [7, 11) is 0. The summed E-state index contributed by atoms with van der Waals surface area (Å²) in [6, 6.07) is 1.03. The van der Waals surface area contributed by atoms with Gasteiger partial charge in [-0.3, -0.25) is 9.69 Å². The van der Waals surface area contributed by atoms with E-state index in [9.17, 15) is 4.79 Å². The lowest BCUT2D eigenvalue weighted by atomic mass is 9.97. The van der Waals surface area contributed by atoms with Crippen molar-refractivity contribution < 1.29 is 4.79 Å². The molecule has 0 spiro atoms. The van der Waals surface area contributed by atoms with Crippen molar-refractivity contribution in [1.29, 1.82) is 0 Å². The van der Waals surface area contributed by atoms with Crippen molar-refractivity contribution in [3.63, 3.8) is 0 Å². The molecule has 4 heteroatoms. The first-order chi connectivity index (χ1) is 8.76. The number of carbonyl (C=O) groups excluding carboxylic acids is 1. The molecule has 2 rings (SSSR count). The Balaban J connectivity index is 2.04. The van der Waals surface area contributed by atoms with Gasteiger partial charge < -0.3 is 11.1 Å². The molecule has 3 atom stereocenters. The summed E-state index contributed by atoms with van der Waals surface area (Å²) in [5, 5.41) is 2.98. The first-order valence-electron chi connectivity index (χ1n) is 7.48. The molecule has 0 aromatic heterocycles. The molecule has 18 heavy (non-hydrogen) atoms. The summed E-state index contributed by atoms with van der Waals surface area (Å²) in [6.45, 7) is 4.89. The highest BCUT2D eigenvalue weighted by Gasteiger charge is 2.35. The van der Waals surface area contributed by atoms with Gasteiger partial charge in [-0.15, -0.1) is 0 Å². The van der Waals surface area contributed by atoms with Crippen molar-refractivity contribution in [2.24, 2.45) is 11.7 Å². The second kappa shape index (κ2) is 6.53. The van der Waals surface area contributed by atoms with Gasteiger partial charge in [-0.25, -0.2) is 0 Å². The second-order valence-electron chi connectivity index (χ2n) is 5.67. The average molecular weight is 253 g/mol. The maximum atomic E-state index is 11.7. The number of hydrogen-bond acceptors (Lipinski definition) is 3. The molecule has 1 saturated carbocycles. The molecule has 2 fully saturated rings. The summed E-state index contributed by atoms with van der Waals surface area (Å²) >= 11 is 0. The van der Waals surface area contributed by atoms with Gasteiger partial charge in [0.1, 0.15) is 0 Å². The van der Waals surface area contributed by atoms with Crippen LogP contribution < -0.4 is 11.1 Å². The van der Waals surface area contributed by atoms with Gasteiger partial charge in [0.2, 0.25) is 5.91 Å². The molecule has 1 amide bonds. The topological polar surface area (TPSA) is 58.4 Å². The van der Waals surface area contributed by atoms with Gasteiger partial charge in [-0.1, -0.05) is 13.3 Å². The monoisotopic (exact) mass is 253 g/mol. The molecule has 1 heterocycles. The third kappa shape index (κ3) is 3.04. The molecule has 0 aromatic rings. The van der Waals surface area contributed by atoms with E-state index in [-0.39, 0.29) is 5.91 Å². The minimum absolute atomic E-state index is 0.221. The Kier molecular flexibility index (Phi) is 5.01. The zero-order chi connectivity index (χ0) is 13.0. The fourth-order valence-corrected chi connectivity index (χ4v) is 3.73. The SMILES string of the molecule is CCN(C1CCCNC(=O)C1)C1CCCC1CN. The van der Waals surface area contributed by atoms with E-state index in [1.165, 1.54) is 19.3 Å². The molecule has 104 valence electrons. The van der Waals surface area contributed by atoms with Crippen LogP contribution in [-0.4, -0.2) is 42.5 Å². The number of nitrogens with zero attached hydrogens (tertiary/aromatic N) is 1. The number of carbonyl (C=O) groups is 1. The van der Waals surface area contributed by atoms with E-state index in [0.717, 1.165) is 32.5 Å². The number of hydrogen-bond donors (Lipinski definition) is 2. The Morgan fingerprint density at radius 2 is 2.17 bits per heavy atom. The lowest BCUT2D eigenvalue weighted by molar-refractivity contribution is -0.122. The van der Waals surface area contributed by atoms with Gasteiger partial charge in [0.25, 0.3) is 0 Å². The van der Waals surface area contributed by atoms with Crippen LogP contribution in [0.2, 0.25) is 0 Å². The zero-order valence-electron chi connectivity index (χ0n) is 11.5. The number of rotatable bonds is 4. The lowest BCUT2D eigenvalue weighted by Crippen LogP contribution is -2.47. The van der Waals surface area contributed by atoms with Crippen LogP contribution in [0.5, 0.6) is 0 Å². The molecule has 0 bridgehead atoms. The standard InChI is InChI=1S/C14H27N3O/c1-2-17(13-7-3-5-11(13)10-15)12-6-4-8-16-14(18)9-12/h11-13H,2-10,15H2,1H3,(H,16,18). The zero-order valence-corrected chi connectivity index (χ0v) is 11.5. The predicted octanol–water partition coefficient (Wildman–Crippen LogP) is 1.10. The molecule has 1 aliphatic heterocycles. The van der Waals surface area contributed by atoms with Crippen LogP contribution in [0.15, 0.2) is 0 Å². The largest absolute Gasteiger partial charge is 0.356 e. The van der Waals surface area contributed by atoms with E-state index < -0.39 is 0 Å². The van der Waals surface area contributed by atoms with Crippen molar-refractivity contribution in [1.82, 2.24) is 10.2 Å². The third-order valence-electron chi connectivity index (χ3n) is 4.64. The van der Waals surface area contributed by atoms with Gasteiger partial charge in [0, 0.05) is 25.0 Å². The maximum absolute atomic E-state index is 11.7. The van der Waals surface area contributed by atoms with Crippen molar-refractivity contribution in [3.8, 4) is 0 Å². The summed E-state index contributed by atoms with van der Waals surface area (Å²) in [6.07, 6.45) is 6.72. The van der Waals surface area contributed by atoms with Gasteiger partial charge in [0.05, 0.1) is 0 Å². The Hall–Kier alpha value is -0.610. The lowest BCUT2D eigenvalue weighted by Gasteiger charge is -2.37. The van der Waals surface area contributed by atoms with Crippen LogP contribution >= 0.6 is 0 Å². The summed E-state index contributed by atoms with van der Waals surface area (Å²) < 4.78 is 0. The number of nitrogens with one attached hydrogen (secondary N) is 1. The van der Waals surface area contributed by atoms with Crippen LogP contribution in [0.4, 0.5) is 0 Å². The van der Waals surface area contributed by atoms with E-state index in [0.29, 0.717) is 24.4 Å². The highest BCUT2D eigenvalue weighted by atomic mass is 16.1. The van der Waals surface area contributed by atoms with E-state index in [1.54, 1.807) is 0 Å². The smallest absolute Gasteiger partial charge is 0.221 e. The predicted molar refractivity (Wildman–Crippen MR) is 73.2 cm³/mol. The highest BCUT2D eigenvalue weighted by molar-refractivity contribution is 5.76. The van der Waals surface area contributed by atoms with Crippen LogP contribution in [-0.2, 0) is 4.79 Å². The molecule has 1 saturated heterocycles. The molecular weight excluding hydrogens is 226 g/mol. The van der Waals surface area contributed by atoms with Gasteiger partial charge in [-0.2, -0.15) is 0 Å². The fraction of sp³-hybridized carbons (Fsp3) is 0.929. The van der Waals surface area contributed by atoms with Crippen molar-refractivity contribution >= 4 is 5.91 Å². The van der Waals surface area contributed by atoms with Crippen molar-refractivity contribution in [2.75, 3.05) is 19.6 Å². The Morgan fingerprint density at radius 3 is 2.89 bits per heavy atom. The number of nitrogens with two attached hydrogens (primary N) is 1. The van der Waals surface area contributed by atoms with Crippen LogP contribution in [0.1, 0.15) is 45.4 Å². The first-order valence-corrected chi connectivity index (χ1v) is 7.48. The molecular formula is C14H27N3O. The average Bonchev–Trinajstić information content (AvgIpc) is 2.73. The minimum Gasteiger partial charge on any atom is -0.356 e. The number of amides is 1. The molecule has 3 N–H and O–H groups in total. The van der Waals surface area contributed by atoms with Gasteiger partial charge >= 0.3 is 0 Å². The van der Waals surface area contributed by atoms with Crippen LogP contribution in [0.25, 0.3) is 0 Å². The highest BCUT2D eigenvalue weighted by Crippen LogP contribution is 2.32. The first kappa shape index (κ1) is 13.8. The minimum atomic E-state index is 0.221. The quantitative estimate of drug-likeness (QED) is 0.789. The molecule has 3 unspecified atom stereocenters. The van der Waals surface area contributed by atoms with Crippen molar-refractivity contribution in [3.05, 3.63) is 0 Å². The van der Waals surface area contributed by atoms with E-state index in [2.05, 4.69) is 17.1 Å². The molecule has 4 nitrogen and oxygen atoms in total. The van der Waals surface area contributed by atoms with E-state index in [1.807, 2.05) is 0 Å². The summed E-state index contributed by atoms with van der Waals surface area (Å²) in [5.41, 5.74) is 5.90. The third-order valence-corrected chi connectivity index (χ3v) is 4.64. The van der Waals surface area contributed by atoms with Crippen molar-refractivity contribution in [2.45, 2.75) is 57.5 Å². The molecule has 2 aliphatic rings. The summed E-state index contributed by atoms with van der Waals surface area (Å²) in [5.74, 6) is 0.856. The molecule has 0 radical (unpaired) electrons. The maximum Gasteiger partial charge on any atom is 0.221 e. The van der Waals surface area contributed by atoms with Gasteiger partial charge in [-0.05, 0) is 44.7 Å². The van der Waals surface area contributed by atoms with E-state index in [4.69, 9.17) is 5.73 Å². The Bertz CT molecular complexity index is 282. The Labute approximate surface area is 110 Å². The normalized spacial score (nSPS) is 33.5. The van der Waals surface area contributed by atoms with E-state index >= 15 is 0 Å². The van der Waals surface area contributed by atoms with Crippen LogP contribution in [0, 0.1) is 5.92 Å². The Morgan fingerprint density at radius 1 is 1.33 bits per heavy atom. The van der Waals surface area contributed by atoms with Crippen LogP contribution in [0.3, 0.4) is 0 Å². The molecule has 0 aromatic carbocycles. The second-order valence-corrected chi connectivity index (χ2v) is 5.67. The molecule has 1 aliphatic carbocycles. The van der Waals surface area contributed by atoms with Gasteiger partial charge in [0.15, 0.2) is 0 Å². The fourth-order valence-electron chi connectivity index (χ4n) is 3.73.